The van der Waals surface area contributed by atoms with Gasteiger partial charge in [-0.05, 0) is 32.0 Å². The summed E-state index contributed by atoms with van der Waals surface area (Å²) in [4.78, 5) is 11.5. The van der Waals surface area contributed by atoms with Crippen LogP contribution in [0.3, 0.4) is 0 Å². The fraction of sp³-hybridized carbons (Fsp3) is 0.583. The van der Waals surface area contributed by atoms with Crippen molar-refractivity contribution in [3.05, 3.63) is 24.2 Å². The summed E-state index contributed by atoms with van der Waals surface area (Å²) in [6.07, 6.45) is 3.61. The minimum atomic E-state index is -0.408. The number of hydrogen-bond donors (Lipinski definition) is 1. The molecule has 0 saturated carbocycles. The smallest absolute Gasteiger partial charge is 0.374 e. The molecule has 0 aliphatic rings. The predicted molar refractivity (Wildman–Crippen MR) is 61.4 cm³/mol. The zero-order valence-corrected chi connectivity index (χ0v) is 9.86. The number of unbranched alkanes of at least 4 members (excludes halogenated alkanes) is 1. The molecule has 0 spiro atoms. The van der Waals surface area contributed by atoms with Crippen molar-refractivity contribution >= 4 is 5.97 Å². The Kier molecular flexibility index (Phi) is 5.64. The van der Waals surface area contributed by atoms with E-state index in [1.807, 2.05) is 6.92 Å². The molecular formula is C12H19NO3. The van der Waals surface area contributed by atoms with Crippen LogP contribution in [-0.2, 0) is 4.74 Å². The number of esters is 1. The molecule has 1 aromatic rings. The van der Waals surface area contributed by atoms with E-state index in [-0.39, 0.29) is 11.9 Å². The first-order valence-electron chi connectivity index (χ1n) is 5.69. The molecule has 0 bridgehead atoms. The van der Waals surface area contributed by atoms with E-state index in [1.165, 1.54) is 6.26 Å². The maximum absolute atomic E-state index is 11.5. The van der Waals surface area contributed by atoms with Gasteiger partial charge >= 0.3 is 5.97 Å². The fourth-order valence-corrected chi connectivity index (χ4v) is 1.28. The molecule has 1 unspecified atom stereocenters. The second kappa shape index (κ2) is 7.06. The highest BCUT2D eigenvalue weighted by atomic mass is 16.6. The van der Waals surface area contributed by atoms with Crippen LogP contribution in [0.4, 0.5) is 0 Å². The van der Waals surface area contributed by atoms with Crippen LogP contribution < -0.4 is 5.32 Å². The molecule has 1 heterocycles. The highest BCUT2D eigenvalue weighted by Gasteiger charge is 2.13. The maximum atomic E-state index is 11.5. The molecule has 1 N–H and O–H groups in total. The monoisotopic (exact) mass is 225 g/mol. The van der Waals surface area contributed by atoms with Crippen molar-refractivity contribution in [2.75, 3.05) is 13.1 Å². The highest BCUT2D eigenvalue weighted by Crippen LogP contribution is 2.04. The van der Waals surface area contributed by atoms with Crippen LogP contribution >= 0.6 is 0 Å². The summed E-state index contributed by atoms with van der Waals surface area (Å²) in [6, 6.07) is 3.26. The summed E-state index contributed by atoms with van der Waals surface area (Å²) >= 11 is 0. The Morgan fingerprint density at radius 1 is 1.62 bits per heavy atom. The van der Waals surface area contributed by atoms with Crippen LogP contribution in [0.15, 0.2) is 22.8 Å². The quantitative estimate of drug-likeness (QED) is 0.571. The zero-order chi connectivity index (χ0) is 11.8. The average molecular weight is 225 g/mol. The number of hydrogen-bond acceptors (Lipinski definition) is 4. The Balaban J connectivity index is 2.19. The van der Waals surface area contributed by atoms with Crippen LogP contribution in [0.5, 0.6) is 0 Å². The normalized spacial score (nSPS) is 12.4. The van der Waals surface area contributed by atoms with Crippen LogP contribution in [0.25, 0.3) is 0 Å². The number of furan rings is 1. The van der Waals surface area contributed by atoms with Gasteiger partial charge in [0.2, 0.25) is 5.76 Å². The maximum Gasteiger partial charge on any atom is 0.374 e. The van der Waals surface area contributed by atoms with Crippen LogP contribution in [0.2, 0.25) is 0 Å². The van der Waals surface area contributed by atoms with Crippen molar-refractivity contribution in [2.24, 2.45) is 0 Å². The number of carbonyl (C=O) groups is 1. The summed E-state index contributed by atoms with van der Waals surface area (Å²) in [7, 11) is 0. The fourth-order valence-electron chi connectivity index (χ4n) is 1.28. The van der Waals surface area contributed by atoms with Crippen LogP contribution in [0, 0.1) is 0 Å². The molecule has 4 nitrogen and oxygen atoms in total. The molecule has 4 heteroatoms. The van der Waals surface area contributed by atoms with E-state index in [1.54, 1.807) is 12.1 Å². The molecule has 1 atom stereocenters. The molecule has 0 aromatic carbocycles. The van der Waals surface area contributed by atoms with Crippen LogP contribution in [-0.4, -0.2) is 25.2 Å². The Morgan fingerprint density at radius 3 is 3.06 bits per heavy atom. The first-order chi connectivity index (χ1) is 7.74. The molecule has 0 aliphatic heterocycles. The molecular weight excluding hydrogens is 206 g/mol. The second-order valence-corrected chi connectivity index (χ2v) is 3.75. The topological polar surface area (TPSA) is 51.5 Å². The summed E-state index contributed by atoms with van der Waals surface area (Å²) in [5.41, 5.74) is 0. The molecule has 1 rings (SSSR count). The van der Waals surface area contributed by atoms with Crippen molar-refractivity contribution in [2.45, 2.75) is 32.8 Å². The first-order valence-corrected chi connectivity index (χ1v) is 5.69. The lowest BCUT2D eigenvalue weighted by atomic mass is 10.3. The van der Waals surface area contributed by atoms with Gasteiger partial charge in [-0.3, -0.25) is 0 Å². The van der Waals surface area contributed by atoms with Gasteiger partial charge in [-0.15, -0.1) is 0 Å². The molecule has 1 aromatic heterocycles. The van der Waals surface area contributed by atoms with E-state index in [4.69, 9.17) is 9.15 Å². The van der Waals surface area contributed by atoms with Crippen molar-refractivity contribution in [3.63, 3.8) is 0 Å². The van der Waals surface area contributed by atoms with Gasteiger partial charge in [0.05, 0.1) is 6.26 Å². The standard InChI is InChI=1S/C12H19NO3/c1-3-4-7-13-9-10(2)16-12(14)11-6-5-8-15-11/h5-6,8,10,13H,3-4,7,9H2,1-2H3. The third-order valence-corrected chi connectivity index (χ3v) is 2.17. The third-order valence-electron chi connectivity index (χ3n) is 2.17. The number of rotatable bonds is 7. The Morgan fingerprint density at radius 2 is 2.44 bits per heavy atom. The summed E-state index contributed by atoms with van der Waals surface area (Å²) in [6.45, 7) is 5.63. The van der Waals surface area contributed by atoms with Crippen LogP contribution in [0.1, 0.15) is 37.2 Å². The largest absolute Gasteiger partial charge is 0.457 e. The Bertz CT molecular complexity index is 295. The SMILES string of the molecule is CCCCNCC(C)OC(=O)c1ccco1. The van der Waals surface area contributed by atoms with E-state index in [2.05, 4.69) is 12.2 Å². The van der Waals surface area contributed by atoms with Crippen molar-refractivity contribution in [1.29, 1.82) is 0 Å². The predicted octanol–water partition coefficient (Wildman–Crippen LogP) is 2.21. The molecule has 90 valence electrons. The molecule has 0 amide bonds. The lowest BCUT2D eigenvalue weighted by molar-refractivity contribution is 0.0306. The molecule has 16 heavy (non-hydrogen) atoms. The zero-order valence-electron chi connectivity index (χ0n) is 9.86. The molecule has 0 fully saturated rings. The number of ether oxygens (including phenoxy) is 1. The highest BCUT2D eigenvalue weighted by molar-refractivity contribution is 5.86. The molecule has 0 saturated heterocycles. The summed E-state index contributed by atoms with van der Waals surface area (Å²) in [5.74, 6) is -0.157. The van der Waals surface area contributed by atoms with Crippen molar-refractivity contribution < 1.29 is 13.9 Å². The summed E-state index contributed by atoms with van der Waals surface area (Å²) in [5, 5.41) is 3.23. The van der Waals surface area contributed by atoms with Gasteiger partial charge < -0.3 is 14.5 Å². The van der Waals surface area contributed by atoms with Gasteiger partial charge in [-0.1, -0.05) is 13.3 Å². The molecule has 0 aliphatic carbocycles. The number of nitrogens with one attached hydrogen (secondary N) is 1. The van der Waals surface area contributed by atoms with E-state index in [0.717, 1.165) is 19.4 Å². The number of carbonyl (C=O) groups excluding carboxylic acids is 1. The third kappa shape index (κ3) is 4.49. The van der Waals surface area contributed by atoms with Crippen molar-refractivity contribution in [3.8, 4) is 0 Å². The first kappa shape index (κ1) is 12.8. The lowest BCUT2D eigenvalue weighted by Gasteiger charge is -2.12. The second-order valence-electron chi connectivity index (χ2n) is 3.75. The Labute approximate surface area is 96.0 Å². The van der Waals surface area contributed by atoms with Gasteiger partial charge in [0.25, 0.3) is 0 Å². The van der Waals surface area contributed by atoms with E-state index in [0.29, 0.717) is 6.54 Å². The minimum absolute atomic E-state index is 0.144. The van der Waals surface area contributed by atoms with Gasteiger partial charge in [0, 0.05) is 6.54 Å². The van der Waals surface area contributed by atoms with E-state index < -0.39 is 5.97 Å². The minimum Gasteiger partial charge on any atom is -0.457 e. The van der Waals surface area contributed by atoms with Gasteiger partial charge in [-0.2, -0.15) is 0 Å². The average Bonchev–Trinajstić information content (AvgIpc) is 2.77. The van der Waals surface area contributed by atoms with E-state index in [9.17, 15) is 4.79 Å². The van der Waals surface area contributed by atoms with Gasteiger partial charge in [0.1, 0.15) is 6.10 Å². The van der Waals surface area contributed by atoms with Gasteiger partial charge in [0.15, 0.2) is 0 Å². The van der Waals surface area contributed by atoms with Gasteiger partial charge in [-0.25, -0.2) is 4.79 Å². The Hall–Kier alpha value is -1.29. The molecule has 0 radical (unpaired) electrons. The van der Waals surface area contributed by atoms with E-state index >= 15 is 0 Å². The lowest BCUT2D eigenvalue weighted by Crippen LogP contribution is -2.29. The van der Waals surface area contributed by atoms with Crippen molar-refractivity contribution in [1.82, 2.24) is 5.32 Å². The summed E-state index contributed by atoms with van der Waals surface area (Å²) < 4.78 is 10.1.